The maximum atomic E-state index is 12.0. The number of amides is 1. The number of rotatable bonds is 13. The SMILES string of the molecule is CCCCCCNC(=O)CCCCSc1nnc2c3cc(C)ccc3n(Cc3ccccc3)c2n1. The van der Waals surface area contributed by atoms with Crippen LogP contribution >= 0.6 is 11.8 Å². The van der Waals surface area contributed by atoms with Gasteiger partial charge in [-0.1, -0.05) is 79.9 Å². The number of unbranched alkanes of at least 4 members (excludes halogenated alkanes) is 4. The number of hydrogen-bond acceptors (Lipinski definition) is 5. The lowest BCUT2D eigenvalue weighted by Gasteiger charge is -2.07. The first kappa shape index (κ1) is 25.2. The summed E-state index contributed by atoms with van der Waals surface area (Å²) in [6.45, 7) is 5.82. The molecule has 0 aliphatic heterocycles. The number of hydrogen-bond donors (Lipinski definition) is 1. The van der Waals surface area contributed by atoms with E-state index in [0.29, 0.717) is 11.6 Å². The van der Waals surface area contributed by atoms with Gasteiger partial charge in [0.25, 0.3) is 0 Å². The van der Waals surface area contributed by atoms with Crippen molar-refractivity contribution in [3.63, 3.8) is 0 Å². The Morgan fingerprint density at radius 2 is 1.86 bits per heavy atom. The second-order valence-electron chi connectivity index (χ2n) is 9.08. The molecule has 1 N–H and O–H groups in total. The Labute approximate surface area is 211 Å². The number of carbonyl (C=O) groups excluding carboxylic acids is 1. The van der Waals surface area contributed by atoms with Gasteiger partial charge in [-0.25, -0.2) is 4.98 Å². The topological polar surface area (TPSA) is 72.7 Å². The van der Waals surface area contributed by atoms with E-state index in [-0.39, 0.29) is 5.91 Å². The van der Waals surface area contributed by atoms with Gasteiger partial charge in [-0.2, -0.15) is 0 Å². The Kier molecular flexibility index (Phi) is 9.12. The molecule has 184 valence electrons. The molecule has 1 amide bonds. The van der Waals surface area contributed by atoms with Gasteiger partial charge >= 0.3 is 0 Å². The summed E-state index contributed by atoms with van der Waals surface area (Å²) in [4.78, 5) is 16.9. The molecule has 0 radical (unpaired) electrons. The van der Waals surface area contributed by atoms with Crippen LogP contribution < -0.4 is 5.32 Å². The van der Waals surface area contributed by atoms with Crippen LogP contribution in [-0.2, 0) is 11.3 Å². The van der Waals surface area contributed by atoms with Crippen molar-refractivity contribution >= 4 is 39.7 Å². The van der Waals surface area contributed by atoms with Crippen LogP contribution in [0.2, 0.25) is 0 Å². The first-order valence-electron chi connectivity index (χ1n) is 12.7. The maximum Gasteiger partial charge on any atom is 0.219 e. The zero-order valence-corrected chi connectivity index (χ0v) is 21.6. The van der Waals surface area contributed by atoms with Crippen molar-refractivity contribution in [2.24, 2.45) is 0 Å². The third-order valence-electron chi connectivity index (χ3n) is 6.17. The van der Waals surface area contributed by atoms with Crippen LogP contribution in [0, 0.1) is 6.92 Å². The molecule has 2 aromatic heterocycles. The van der Waals surface area contributed by atoms with E-state index in [4.69, 9.17) is 4.98 Å². The molecule has 0 saturated heterocycles. The average Bonchev–Trinajstić information content (AvgIpc) is 3.16. The lowest BCUT2D eigenvalue weighted by molar-refractivity contribution is -0.121. The van der Waals surface area contributed by atoms with Crippen molar-refractivity contribution in [3.05, 3.63) is 59.7 Å². The van der Waals surface area contributed by atoms with Crippen LogP contribution in [0.1, 0.15) is 63.0 Å². The number of nitrogens with one attached hydrogen (secondary N) is 1. The largest absolute Gasteiger partial charge is 0.356 e. The molecule has 4 rings (SSSR count). The van der Waals surface area contributed by atoms with Gasteiger partial charge in [0.2, 0.25) is 11.1 Å². The summed E-state index contributed by atoms with van der Waals surface area (Å²) in [5, 5.41) is 13.8. The fourth-order valence-corrected chi connectivity index (χ4v) is 5.04. The smallest absolute Gasteiger partial charge is 0.219 e. The summed E-state index contributed by atoms with van der Waals surface area (Å²) >= 11 is 1.61. The first-order valence-corrected chi connectivity index (χ1v) is 13.7. The highest BCUT2D eigenvalue weighted by atomic mass is 32.2. The first-order chi connectivity index (χ1) is 17.2. The minimum atomic E-state index is 0.159. The number of aryl methyl sites for hydroxylation is 1. The highest BCUT2D eigenvalue weighted by molar-refractivity contribution is 7.99. The van der Waals surface area contributed by atoms with Crippen molar-refractivity contribution in [1.82, 2.24) is 25.1 Å². The standard InChI is InChI=1S/C28H35N5OS/c1-3-4-5-10-17-29-25(34)14-9-11-18-35-28-30-27-26(31-32-28)23-19-21(2)15-16-24(23)33(27)20-22-12-7-6-8-13-22/h6-8,12-13,15-16,19H,3-5,9-11,14,17-18,20H2,1-2H3,(H,29,34). The number of thioether (sulfide) groups is 1. The monoisotopic (exact) mass is 489 g/mol. The molecule has 0 spiro atoms. The van der Waals surface area contributed by atoms with Crippen LogP contribution in [0.4, 0.5) is 0 Å². The molecule has 0 unspecified atom stereocenters. The molecular weight excluding hydrogens is 454 g/mol. The zero-order chi connectivity index (χ0) is 24.5. The van der Waals surface area contributed by atoms with E-state index in [0.717, 1.165) is 60.2 Å². The molecule has 0 aliphatic rings. The minimum Gasteiger partial charge on any atom is -0.356 e. The van der Waals surface area contributed by atoms with Gasteiger partial charge < -0.3 is 9.88 Å². The van der Waals surface area contributed by atoms with Crippen molar-refractivity contribution in [2.75, 3.05) is 12.3 Å². The van der Waals surface area contributed by atoms with E-state index < -0.39 is 0 Å². The predicted octanol–water partition coefficient (Wildman–Crippen LogP) is 6.30. The predicted molar refractivity (Wildman–Crippen MR) is 145 cm³/mol. The van der Waals surface area contributed by atoms with Gasteiger partial charge in [-0.05, 0) is 43.9 Å². The summed E-state index contributed by atoms with van der Waals surface area (Å²) in [5.74, 6) is 1.03. The molecular formula is C28H35N5OS. The van der Waals surface area contributed by atoms with Crippen molar-refractivity contribution in [3.8, 4) is 0 Å². The maximum absolute atomic E-state index is 12.0. The van der Waals surface area contributed by atoms with Gasteiger partial charge in [0, 0.05) is 30.6 Å². The van der Waals surface area contributed by atoms with Crippen LogP contribution in [0.5, 0.6) is 0 Å². The van der Waals surface area contributed by atoms with Crippen molar-refractivity contribution < 1.29 is 4.79 Å². The van der Waals surface area contributed by atoms with Crippen molar-refractivity contribution in [1.29, 1.82) is 0 Å². The molecule has 0 fully saturated rings. The third-order valence-corrected chi connectivity index (χ3v) is 7.09. The Morgan fingerprint density at radius 3 is 2.69 bits per heavy atom. The summed E-state index contributed by atoms with van der Waals surface area (Å²) in [7, 11) is 0. The second-order valence-corrected chi connectivity index (χ2v) is 10.1. The molecule has 6 nitrogen and oxygen atoms in total. The molecule has 0 aliphatic carbocycles. The molecule has 2 aromatic carbocycles. The molecule has 4 aromatic rings. The van der Waals surface area contributed by atoms with Crippen LogP contribution in [0.15, 0.2) is 53.7 Å². The van der Waals surface area contributed by atoms with Crippen molar-refractivity contribution in [2.45, 2.75) is 70.5 Å². The van der Waals surface area contributed by atoms with Gasteiger partial charge in [-0.15, -0.1) is 10.2 Å². The fraction of sp³-hybridized carbons (Fsp3) is 0.429. The van der Waals surface area contributed by atoms with Gasteiger partial charge in [-0.3, -0.25) is 4.79 Å². The lowest BCUT2D eigenvalue weighted by atomic mass is 10.1. The highest BCUT2D eigenvalue weighted by Gasteiger charge is 2.15. The Balaban J connectivity index is 1.37. The Bertz CT molecular complexity index is 1250. The number of aromatic nitrogens is 4. The number of nitrogens with zero attached hydrogens (tertiary/aromatic N) is 4. The van der Waals surface area contributed by atoms with Crippen LogP contribution in [0.25, 0.3) is 22.1 Å². The van der Waals surface area contributed by atoms with E-state index in [9.17, 15) is 4.79 Å². The third kappa shape index (κ3) is 6.82. The van der Waals surface area contributed by atoms with Gasteiger partial charge in [0.1, 0.15) is 5.52 Å². The molecule has 0 bridgehead atoms. The van der Waals surface area contributed by atoms with E-state index in [1.807, 2.05) is 6.07 Å². The highest BCUT2D eigenvalue weighted by Crippen LogP contribution is 2.29. The number of fused-ring (bicyclic) bond motifs is 3. The second kappa shape index (κ2) is 12.7. The van der Waals surface area contributed by atoms with Crippen LogP contribution in [-0.4, -0.2) is 38.0 Å². The molecule has 7 heteroatoms. The zero-order valence-electron chi connectivity index (χ0n) is 20.8. The van der Waals surface area contributed by atoms with E-state index in [1.54, 1.807) is 11.8 Å². The van der Waals surface area contributed by atoms with E-state index >= 15 is 0 Å². The number of benzene rings is 2. The van der Waals surface area contributed by atoms with E-state index in [2.05, 4.69) is 76.4 Å². The summed E-state index contributed by atoms with van der Waals surface area (Å²) in [6, 6.07) is 16.9. The van der Waals surface area contributed by atoms with Gasteiger partial charge in [0.15, 0.2) is 5.65 Å². The summed E-state index contributed by atoms with van der Waals surface area (Å²) in [6.07, 6.45) is 7.11. The summed E-state index contributed by atoms with van der Waals surface area (Å²) in [5.41, 5.74) is 5.26. The molecule has 0 atom stereocenters. The average molecular weight is 490 g/mol. The minimum absolute atomic E-state index is 0.159. The quantitative estimate of drug-likeness (QED) is 0.176. The molecule has 35 heavy (non-hydrogen) atoms. The van der Waals surface area contributed by atoms with Crippen LogP contribution in [0.3, 0.4) is 0 Å². The molecule has 2 heterocycles. The summed E-state index contributed by atoms with van der Waals surface area (Å²) < 4.78 is 2.24. The fourth-order valence-electron chi connectivity index (χ4n) is 4.26. The lowest BCUT2D eigenvalue weighted by Crippen LogP contribution is -2.23. The Hall–Kier alpha value is -2.93. The van der Waals surface area contributed by atoms with E-state index in [1.165, 1.54) is 30.4 Å². The number of carbonyl (C=O) groups is 1. The normalized spacial score (nSPS) is 11.4. The Morgan fingerprint density at radius 1 is 1.00 bits per heavy atom. The molecule has 0 saturated carbocycles. The van der Waals surface area contributed by atoms with Gasteiger partial charge in [0.05, 0.1) is 5.52 Å².